The van der Waals surface area contributed by atoms with E-state index in [0.717, 1.165) is 17.9 Å². The van der Waals surface area contributed by atoms with Crippen LogP contribution in [0.4, 0.5) is 0 Å². The zero-order valence-electron chi connectivity index (χ0n) is 9.46. The summed E-state index contributed by atoms with van der Waals surface area (Å²) in [5.74, 6) is 1.89. The van der Waals surface area contributed by atoms with Crippen molar-refractivity contribution >= 4 is 29.0 Å². The van der Waals surface area contributed by atoms with Gasteiger partial charge in [-0.2, -0.15) is 0 Å². The molecule has 2 fully saturated rings. The summed E-state index contributed by atoms with van der Waals surface area (Å²) >= 11 is 11.8. The second-order valence-corrected chi connectivity index (χ2v) is 6.09. The topological polar surface area (TPSA) is 17.1 Å². The van der Waals surface area contributed by atoms with Crippen LogP contribution in [0.15, 0.2) is 18.2 Å². The van der Waals surface area contributed by atoms with Gasteiger partial charge in [0.25, 0.3) is 0 Å². The summed E-state index contributed by atoms with van der Waals surface area (Å²) in [7, 11) is 0. The lowest BCUT2D eigenvalue weighted by atomic mass is 9.83. The standard InChI is InChI=1S/C14H14Cl2O/c15-12-4-3-10(7-13(12)16)14(17)11-6-8-1-2-9(11)5-8/h3-4,7-9,11H,1-2,5-6H2. The molecule has 3 heteroatoms. The van der Waals surface area contributed by atoms with E-state index in [9.17, 15) is 4.79 Å². The molecular formula is C14H14Cl2O. The molecule has 17 heavy (non-hydrogen) atoms. The van der Waals surface area contributed by atoms with Crippen LogP contribution < -0.4 is 0 Å². The fraction of sp³-hybridized carbons (Fsp3) is 0.500. The van der Waals surface area contributed by atoms with Gasteiger partial charge in [0.05, 0.1) is 10.0 Å². The van der Waals surface area contributed by atoms with Crippen LogP contribution in [0, 0.1) is 17.8 Å². The van der Waals surface area contributed by atoms with Gasteiger partial charge in [0.2, 0.25) is 0 Å². The molecule has 1 nitrogen and oxygen atoms in total. The van der Waals surface area contributed by atoms with Crippen molar-refractivity contribution in [1.82, 2.24) is 0 Å². The van der Waals surface area contributed by atoms with Crippen LogP contribution in [-0.2, 0) is 0 Å². The third kappa shape index (κ3) is 2.00. The molecule has 0 aliphatic heterocycles. The van der Waals surface area contributed by atoms with Crippen LogP contribution in [0.1, 0.15) is 36.0 Å². The molecule has 2 aliphatic rings. The lowest BCUT2D eigenvalue weighted by Crippen LogP contribution is -2.21. The van der Waals surface area contributed by atoms with Crippen molar-refractivity contribution in [1.29, 1.82) is 0 Å². The van der Waals surface area contributed by atoms with Gasteiger partial charge in [-0.3, -0.25) is 4.79 Å². The molecule has 0 spiro atoms. The Morgan fingerprint density at radius 2 is 1.94 bits per heavy atom. The third-order valence-electron chi connectivity index (χ3n) is 4.28. The van der Waals surface area contributed by atoms with Gasteiger partial charge in [-0.05, 0) is 49.3 Å². The summed E-state index contributed by atoms with van der Waals surface area (Å²) in [6, 6.07) is 5.21. The smallest absolute Gasteiger partial charge is 0.166 e. The molecule has 3 atom stereocenters. The number of carbonyl (C=O) groups excluding carboxylic acids is 1. The zero-order valence-corrected chi connectivity index (χ0v) is 11.0. The van der Waals surface area contributed by atoms with Crippen LogP contribution in [0.2, 0.25) is 10.0 Å². The van der Waals surface area contributed by atoms with Crippen molar-refractivity contribution in [3.8, 4) is 0 Å². The number of hydrogen-bond donors (Lipinski definition) is 0. The summed E-state index contributed by atoms with van der Waals surface area (Å²) in [4.78, 5) is 12.4. The first-order valence-electron chi connectivity index (χ1n) is 6.14. The summed E-state index contributed by atoms with van der Waals surface area (Å²) in [5, 5.41) is 0.983. The monoisotopic (exact) mass is 268 g/mol. The second kappa shape index (κ2) is 4.29. The van der Waals surface area contributed by atoms with Gasteiger partial charge in [-0.1, -0.05) is 29.6 Å². The number of carbonyl (C=O) groups is 1. The van der Waals surface area contributed by atoms with Gasteiger partial charge in [-0.15, -0.1) is 0 Å². The molecule has 0 radical (unpaired) electrons. The van der Waals surface area contributed by atoms with Crippen molar-refractivity contribution < 1.29 is 4.79 Å². The quantitative estimate of drug-likeness (QED) is 0.716. The van der Waals surface area contributed by atoms with Crippen LogP contribution in [0.3, 0.4) is 0 Å². The van der Waals surface area contributed by atoms with Gasteiger partial charge in [-0.25, -0.2) is 0 Å². The molecule has 0 amide bonds. The number of fused-ring (bicyclic) bond motifs is 2. The predicted octanol–water partition coefficient (Wildman–Crippen LogP) is 4.61. The fourth-order valence-electron chi connectivity index (χ4n) is 3.43. The van der Waals surface area contributed by atoms with Gasteiger partial charge in [0, 0.05) is 11.5 Å². The summed E-state index contributed by atoms with van der Waals surface area (Å²) in [6.07, 6.45) is 4.86. The molecule has 0 heterocycles. The van der Waals surface area contributed by atoms with Crippen molar-refractivity contribution in [2.75, 3.05) is 0 Å². The van der Waals surface area contributed by atoms with Crippen molar-refractivity contribution in [2.24, 2.45) is 17.8 Å². The first-order valence-corrected chi connectivity index (χ1v) is 6.90. The fourth-order valence-corrected chi connectivity index (χ4v) is 3.73. The van der Waals surface area contributed by atoms with Crippen molar-refractivity contribution in [3.05, 3.63) is 33.8 Å². The Kier molecular flexibility index (Phi) is 2.92. The van der Waals surface area contributed by atoms with Gasteiger partial charge in [0.1, 0.15) is 0 Å². The van der Waals surface area contributed by atoms with Crippen LogP contribution in [-0.4, -0.2) is 5.78 Å². The maximum absolute atomic E-state index is 12.4. The minimum atomic E-state index is 0.228. The highest BCUT2D eigenvalue weighted by molar-refractivity contribution is 6.42. The highest BCUT2D eigenvalue weighted by Gasteiger charge is 2.43. The molecule has 0 saturated heterocycles. The summed E-state index contributed by atoms with van der Waals surface area (Å²) < 4.78 is 0. The van der Waals surface area contributed by atoms with Gasteiger partial charge >= 0.3 is 0 Å². The Morgan fingerprint density at radius 3 is 2.53 bits per heavy atom. The second-order valence-electron chi connectivity index (χ2n) is 5.27. The van der Waals surface area contributed by atoms with E-state index in [-0.39, 0.29) is 11.7 Å². The lowest BCUT2D eigenvalue weighted by Gasteiger charge is -2.20. The molecule has 2 aliphatic carbocycles. The first kappa shape index (κ1) is 11.6. The zero-order chi connectivity index (χ0) is 12.0. The minimum Gasteiger partial charge on any atom is -0.294 e. The Bertz CT molecular complexity index is 469. The summed E-state index contributed by atoms with van der Waals surface area (Å²) in [6.45, 7) is 0. The molecular weight excluding hydrogens is 255 g/mol. The molecule has 0 N–H and O–H groups in total. The maximum Gasteiger partial charge on any atom is 0.166 e. The van der Waals surface area contributed by atoms with E-state index in [1.807, 2.05) is 0 Å². The van der Waals surface area contributed by atoms with Crippen LogP contribution in [0.5, 0.6) is 0 Å². The van der Waals surface area contributed by atoms with E-state index in [4.69, 9.17) is 23.2 Å². The Balaban J connectivity index is 1.84. The van der Waals surface area contributed by atoms with E-state index >= 15 is 0 Å². The molecule has 90 valence electrons. The molecule has 2 saturated carbocycles. The first-order chi connectivity index (χ1) is 8.15. The number of rotatable bonds is 2. The van der Waals surface area contributed by atoms with E-state index in [1.165, 1.54) is 19.3 Å². The average Bonchev–Trinajstić information content (AvgIpc) is 2.93. The Hall–Kier alpha value is -0.530. The third-order valence-corrected chi connectivity index (χ3v) is 5.02. The number of ketones is 1. The SMILES string of the molecule is O=C(c1ccc(Cl)c(Cl)c1)C1CC2CCC1C2. The van der Waals surface area contributed by atoms with Gasteiger partial charge in [0.15, 0.2) is 5.78 Å². The van der Waals surface area contributed by atoms with E-state index in [0.29, 0.717) is 16.0 Å². The van der Waals surface area contributed by atoms with E-state index < -0.39 is 0 Å². The Morgan fingerprint density at radius 1 is 1.12 bits per heavy atom. The van der Waals surface area contributed by atoms with Crippen LogP contribution >= 0.6 is 23.2 Å². The summed E-state index contributed by atoms with van der Waals surface area (Å²) in [5.41, 5.74) is 0.719. The van der Waals surface area contributed by atoms with E-state index in [2.05, 4.69) is 0 Å². The largest absolute Gasteiger partial charge is 0.294 e. The highest BCUT2D eigenvalue weighted by Crippen LogP contribution is 2.49. The number of halogens is 2. The van der Waals surface area contributed by atoms with Crippen molar-refractivity contribution in [3.63, 3.8) is 0 Å². The molecule has 3 unspecified atom stereocenters. The maximum atomic E-state index is 12.4. The molecule has 0 aromatic heterocycles. The van der Waals surface area contributed by atoms with E-state index in [1.54, 1.807) is 18.2 Å². The molecule has 3 rings (SSSR count). The minimum absolute atomic E-state index is 0.228. The Labute approximate surface area is 111 Å². The van der Waals surface area contributed by atoms with Crippen LogP contribution in [0.25, 0.3) is 0 Å². The molecule has 1 aromatic carbocycles. The predicted molar refractivity (Wildman–Crippen MR) is 69.7 cm³/mol. The number of hydrogen-bond acceptors (Lipinski definition) is 1. The highest BCUT2D eigenvalue weighted by atomic mass is 35.5. The molecule has 1 aromatic rings. The molecule has 2 bridgehead atoms. The number of benzene rings is 1. The van der Waals surface area contributed by atoms with Crippen molar-refractivity contribution in [2.45, 2.75) is 25.7 Å². The normalized spacial score (nSPS) is 30.8. The number of Topliss-reactive ketones (excluding diaryl/α,β-unsaturated/α-hetero) is 1. The lowest BCUT2D eigenvalue weighted by molar-refractivity contribution is 0.0875. The average molecular weight is 269 g/mol. The van der Waals surface area contributed by atoms with Gasteiger partial charge < -0.3 is 0 Å².